The van der Waals surface area contributed by atoms with Crippen molar-refractivity contribution in [1.29, 1.82) is 0 Å². The van der Waals surface area contributed by atoms with Gasteiger partial charge in [0.15, 0.2) is 6.61 Å². The van der Waals surface area contributed by atoms with E-state index in [9.17, 15) is 9.59 Å². The molecule has 27 heavy (non-hydrogen) atoms. The summed E-state index contributed by atoms with van der Waals surface area (Å²) < 4.78 is 5.33. The molecule has 0 saturated carbocycles. The van der Waals surface area contributed by atoms with E-state index < -0.39 is 23.3 Å². The first-order valence-corrected chi connectivity index (χ1v) is 9.10. The molecule has 0 aliphatic rings. The molecule has 0 aromatic heterocycles. The van der Waals surface area contributed by atoms with Crippen LogP contribution in [0.2, 0.25) is 0 Å². The number of terminal acetylenes is 1. The van der Waals surface area contributed by atoms with Crippen molar-refractivity contribution in [2.24, 2.45) is 0 Å². The second-order valence-electron chi connectivity index (χ2n) is 6.34. The molecule has 2 rings (SSSR count). The van der Waals surface area contributed by atoms with Crippen LogP contribution in [0.3, 0.4) is 0 Å². The molecule has 2 aromatic carbocycles. The first-order chi connectivity index (χ1) is 13.0. The van der Waals surface area contributed by atoms with Crippen molar-refractivity contribution >= 4 is 11.9 Å². The van der Waals surface area contributed by atoms with E-state index in [4.69, 9.17) is 11.2 Å². The van der Waals surface area contributed by atoms with Crippen molar-refractivity contribution in [3.8, 4) is 12.3 Å². The Kier molecular flexibility index (Phi) is 7.19. The maximum atomic E-state index is 12.8. The fourth-order valence-corrected chi connectivity index (χ4v) is 2.95. The first kappa shape index (κ1) is 20.3. The molecule has 0 atom stereocenters. The van der Waals surface area contributed by atoms with Gasteiger partial charge in [0, 0.05) is 0 Å². The number of hydrogen-bond acceptors (Lipinski definition) is 3. The third kappa shape index (κ3) is 5.21. The monoisotopic (exact) mass is 363 g/mol. The van der Waals surface area contributed by atoms with Crippen molar-refractivity contribution in [3.63, 3.8) is 0 Å². The predicted octanol–water partition coefficient (Wildman–Crippen LogP) is 3.67. The molecule has 1 amide bonds. The van der Waals surface area contributed by atoms with Crippen molar-refractivity contribution in [3.05, 3.63) is 71.8 Å². The van der Waals surface area contributed by atoms with Gasteiger partial charge in [0.2, 0.25) is 0 Å². The number of esters is 1. The highest BCUT2D eigenvalue weighted by Crippen LogP contribution is 2.26. The van der Waals surface area contributed by atoms with Crippen LogP contribution < -0.4 is 5.32 Å². The second kappa shape index (κ2) is 9.59. The Bertz CT molecular complexity index is 750. The average molecular weight is 363 g/mol. The lowest BCUT2D eigenvalue weighted by atomic mass is 9.91. The zero-order valence-electron chi connectivity index (χ0n) is 15.8. The van der Waals surface area contributed by atoms with Gasteiger partial charge in [-0.1, -0.05) is 80.4 Å². The van der Waals surface area contributed by atoms with Gasteiger partial charge in [-0.15, -0.1) is 6.42 Å². The lowest BCUT2D eigenvalue weighted by Crippen LogP contribution is -2.48. The Hall–Kier alpha value is -3.06. The quantitative estimate of drug-likeness (QED) is 0.575. The molecule has 4 heteroatoms. The van der Waals surface area contributed by atoms with Crippen LogP contribution in [0.4, 0.5) is 0 Å². The van der Waals surface area contributed by atoms with Crippen LogP contribution in [0, 0.1) is 12.3 Å². The highest BCUT2D eigenvalue weighted by atomic mass is 16.5. The van der Waals surface area contributed by atoms with Gasteiger partial charge >= 0.3 is 5.97 Å². The van der Waals surface area contributed by atoms with E-state index in [1.54, 1.807) is 0 Å². The first-order valence-electron chi connectivity index (χ1n) is 9.10. The van der Waals surface area contributed by atoms with Crippen LogP contribution in [-0.4, -0.2) is 24.0 Å². The third-order valence-corrected chi connectivity index (χ3v) is 4.71. The van der Waals surface area contributed by atoms with E-state index >= 15 is 0 Å². The summed E-state index contributed by atoms with van der Waals surface area (Å²) in [6, 6.07) is 18.7. The minimum atomic E-state index is -0.707. The normalized spacial score (nSPS) is 10.9. The van der Waals surface area contributed by atoms with Gasteiger partial charge in [-0.05, 0) is 24.0 Å². The van der Waals surface area contributed by atoms with Crippen LogP contribution in [0.1, 0.15) is 43.7 Å². The Balaban J connectivity index is 2.11. The van der Waals surface area contributed by atoms with Gasteiger partial charge in [0.25, 0.3) is 5.91 Å². The van der Waals surface area contributed by atoms with Crippen LogP contribution in [0.15, 0.2) is 60.7 Å². The number of nitrogens with one attached hydrogen (secondary N) is 1. The molecule has 0 saturated heterocycles. The van der Waals surface area contributed by atoms with Crippen LogP contribution in [0.5, 0.6) is 0 Å². The lowest BCUT2D eigenvalue weighted by Gasteiger charge is -2.27. The van der Waals surface area contributed by atoms with Gasteiger partial charge in [-0.3, -0.25) is 9.59 Å². The van der Waals surface area contributed by atoms with Crippen molar-refractivity contribution in [1.82, 2.24) is 5.32 Å². The molecular formula is C23H25NO3. The van der Waals surface area contributed by atoms with Crippen LogP contribution in [-0.2, 0) is 14.3 Å². The molecule has 0 aliphatic heterocycles. The predicted molar refractivity (Wildman–Crippen MR) is 106 cm³/mol. The number of carbonyl (C=O) groups excluding carboxylic acids is 2. The maximum absolute atomic E-state index is 12.8. The molecular weight excluding hydrogens is 338 g/mol. The van der Waals surface area contributed by atoms with Gasteiger partial charge in [0.1, 0.15) is 11.5 Å². The fourth-order valence-electron chi connectivity index (χ4n) is 2.95. The number of hydrogen-bond donors (Lipinski definition) is 1. The zero-order valence-corrected chi connectivity index (χ0v) is 15.8. The lowest BCUT2D eigenvalue weighted by molar-refractivity contribution is -0.149. The molecule has 4 nitrogen and oxygen atoms in total. The second-order valence-corrected chi connectivity index (χ2v) is 6.34. The summed E-state index contributed by atoms with van der Waals surface area (Å²) in [6.07, 6.45) is 6.78. The number of benzene rings is 2. The average Bonchev–Trinajstić information content (AvgIpc) is 2.72. The molecule has 0 fully saturated rings. The van der Waals surface area contributed by atoms with E-state index in [0.29, 0.717) is 12.8 Å². The summed E-state index contributed by atoms with van der Waals surface area (Å²) in [7, 11) is 0. The number of carbonyl (C=O) groups is 2. The fraction of sp³-hybridized carbons (Fsp3) is 0.304. The highest BCUT2D eigenvalue weighted by Gasteiger charge is 2.28. The zero-order chi connectivity index (χ0) is 19.7. The number of ether oxygens (including phenoxy) is 1. The molecule has 0 radical (unpaired) electrons. The van der Waals surface area contributed by atoms with E-state index in [2.05, 4.69) is 11.2 Å². The Morgan fingerprint density at radius 3 is 1.89 bits per heavy atom. The largest absolute Gasteiger partial charge is 0.455 e. The van der Waals surface area contributed by atoms with E-state index in [0.717, 1.165) is 11.1 Å². The van der Waals surface area contributed by atoms with Crippen molar-refractivity contribution in [2.45, 2.75) is 38.1 Å². The summed E-state index contributed by atoms with van der Waals surface area (Å²) in [5.74, 6) is 1.18. The number of amides is 1. The molecule has 2 aromatic rings. The topological polar surface area (TPSA) is 55.4 Å². The molecule has 0 unspecified atom stereocenters. The minimum absolute atomic E-state index is 0.363. The molecule has 0 aliphatic carbocycles. The van der Waals surface area contributed by atoms with Gasteiger partial charge in [-0.2, -0.15) is 0 Å². The van der Waals surface area contributed by atoms with E-state index in [1.165, 1.54) is 0 Å². The summed E-state index contributed by atoms with van der Waals surface area (Å²) in [4.78, 5) is 25.0. The molecule has 140 valence electrons. The van der Waals surface area contributed by atoms with Crippen molar-refractivity contribution < 1.29 is 14.3 Å². The SMILES string of the molecule is C#CC(CC)(CC)NC(=O)COC(=O)C(c1ccccc1)c1ccccc1. The van der Waals surface area contributed by atoms with E-state index in [1.807, 2.05) is 74.5 Å². The standard InChI is InChI=1S/C23H25NO3/c1-4-23(5-2,6-3)24-20(25)17-27-22(26)21(18-13-9-7-10-14-18)19-15-11-8-12-16-19/h1,7-16,21H,5-6,17H2,2-3H3,(H,24,25). The maximum Gasteiger partial charge on any atom is 0.318 e. The minimum Gasteiger partial charge on any atom is -0.455 e. The molecule has 1 N–H and O–H groups in total. The summed E-state index contributed by atoms with van der Waals surface area (Å²) in [6.45, 7) is 3.46. The smallest absolute Gasteiger partial charge is 0.318 e. The highest BCUT2D eigenvalue weighted by molar-refractivity contribution is 5.86. The van der Waals surface area contributed by atoms with Gasteiger partial charge in [-0.25, -0.2) is 0 Å². The molecule has 0 spiro atoms. The van der Waals surface area contributed by atoms with E-state index in [-0.39, 0.29) is 6.61 Å². The van der Waals surface area contributed by atoms with Crippen LogP contribution in [0.25, 0.3) is 0 Å². The molecule has 0 bridgehead atoms. The molecule has 0 heterocycles. The van der Waals surface area contributed by atoms with Gasteiger partial charge < -0.3 is 10.1 Å². The Labute approximate surface area is 160 Å². The summed E-state index contributed by atoms with van der Waals surface area (Å²) in [5, 5.41) is 2.80. The Morgan fingerprint density at radius 1 is 1.00 bits per heavy atom. The Morgan fingerprint density at radius 2 is 1.48 bits per heavy atom. The number of rotatable bonds is 8. The third-order valence-electron chi connectivity index (χ3n) is 4.71. The van der Waals surface area contributed by atoms with Gasteiger partial charge in [0.05, 0.1) is 0 Å². The summed E-state index contributed by atoms with van der Waals surface area (Å²) in [5.41, 5.74) is 0.922. The van der Waals surface area contributed by atoms with Crippen molar-refractivity contribution in [2.75, 3.05) is 6.61 Å². The summed E-state index contributed by atoms with van der Waals surface area (Å²) >= 11 is 0. The van der Waals surface area contributed by atoms with Crippen LogP contribution >= 0.6 is 0 Å².